The van der Waals surface area contributed by atoms with Crippen LogP contribution < -0.4 is 20.5 Å². The Kier molecular flexibility index (Phi) is 11.1. The summed E-state index contributed by atoms with van der Waals surface area (Å²) in [5.74, 6) is -0.202. The fourth-order valence-corrected chi connectivity index (χ4v) is 3.77. The topological polar surface area (TPSA) is 124 Å². The first-order chi connectivity index (χ1) is 18.0. The van der Waals surface area contributed by atoms with Gasteiger partial charge in [-0.05, 0) is 63.4 Å². The zero-order chi connectivity index (χ0) is 28.3. The normalized spacial score (nSPS) is 12.4. The van der Waals surface area contributed by atoms with Gasteiger partial charge >= 0.3 is 0 Å². The van der Waals surface area contributed by atoms with E-state index in [1.54, 1.807) is 44.2 Å². The summed E-state index contributed by atoms with van der Waals surface area (Å²) in [7, 11) is 0. The number of primary amides is 1. The van der Waals surface area contributed by atoms with Gasteiger partial charge in [-0.25, -0.2) is 4.98 Å². The van der Waals surface area contributed by atoms with Crippen LogP contribution >= 0.6 is 0 Å². The summed E-state index contributed by atoms with van der Waals surface area (Å²) in [5, 5.41) is 13.1. The molecule has 3 rings (SSSR count). The smallest absolute Gasteiger partial charge is 0.263 e. The lowest BCUT2D eigenvalue weighted by atomic mass is 9.86. The average molecular weight is 522 g/mol. The van der Waals surface area contributed by atoms with Crippen molar-refractivity contribution in [3.8, 4) is 17.4 Å². The third-order valence-electron chi connectivity index (χ3n) is 5.83. The minimum absolute atomic E-state index is 0.0839. The number of phenolic OH excluding ortho intramolecular Hbond substituents is 1. The second kappa shape index (κ2) is 14.0. The number of nitrogens with two attached hydrogens (primary N) is 1. The molecule has 2 amide bonds. The molecule has 1 aromatic heterocycles. The molecule has 0 aliphatic heterocycles. The lowest BCUT2D eigenvalue weighted by molar-refractivity contribution is -0.135. The Hall–Kier alpha value is -4.07. The molecule has 0 aliphatic carbocycles. The molecule has 0 aliphatic rings. The van der Waals surface area contributed by atoms with Crippen molar-refractivity contribution in [2.24, 2.45) is 5.73 Å². The summed E-state index contributed by atoms with van der Waals surface area (Å²) in [6, 6.07) is 18.3. The average Bonchev–Trinajstić information content (AvgIpc) is 2.88. The SMILES string of the molecule is CC.Cc1ccc(CC(c2cccc(O)c2)C(C)NC(=O)C(C)(C)Oc2ccc(OCC(N)=O)cn2)cc1. The number of phenols is 1. The van der Waals surface area contributed by atoms with Crippen molar-refractivity contribution >= 4 is 11.8 Å². The number of rotatable bonds is 11. The number of nitrogens with one attached hydrogen (secondary N) is 1. The molecule has 0 saturated carbocycles. The predicted molar refractivity (Wildman–Crippen MR) is 148 cm³/mol. The van der Waals surface area contributed by atoms with Crippen molar-refractivity contribution < 1.29 is 24.2 Å². The van der Waals surface area contributed by atoms with E-state index in [4.69, 9.17) is 15.2 Å². The number of aromatic nitrogens is 1. The second-order valence-electron chi connectivity index (χ2n) is 9.35. The second-order valence-corrected chi connectivity index (χ2v) is 9.35. The first kappa shape index (κ1) is 30.2. The van der Waals surface area contributed by atoms with Crippen LogP contribution in [0, 0.1) is 6.92 Å². The lowest BCUT2D eigenvalue weighted by Gasteiger charge is -2.30. The quantitative estimate of drug-likeness (QED) is 0.337. The molecule has 2 aromatic carbocycles. The van der Waals surface area contributed by atoms with E-state index in [1.165, 1.54) is 11.8 Å². The van der Waals surface area contributed by atoms with E-state index in [1.807, 2.05) is 33.8 Å². The molecule has 0 bridgehead atoms. The van der Waals surface area contributed by atoms with Crippen LogP contribution in [0.4, 0.5) is 0 Å². The fraction of sp³-hybridized carbons (Fsp3) is 0.367. The molecule has 1 heterocycles. The van der Waals surface area contributed by atoms with E-state index in [0.29, 0.717) is 12.2 Å². The first-order valence-corrected chi connectivity index (χ1v) is 12.7. The van der Waals surface area contributed by atoms with Gasteiger partial charge in [-0.15, -0.1) is 0 Å². The number of carbonyl (C=O) groups is 2. The van der Waals surface area contributed by atoms with Crippen molar-refractivity contribution in [1.82, 2.24) is 10.3 Å². The highest BCUT2D eigenvalue weighted by Gasteiger charge is 2.33. The Labute approximate surface area is 225 Å². The number of benzene rings is 2. The third kappa shape index (κ3) is 9.10. The zero-order valence-corrected chi connectivity index (χ0v) is 23.0. The zero-order valence-electron chi connectivity index (χ0n) is 23.0. The molecule has 8 heteroatoms. The summed E-state index contributed by atoms with van der Waals surface area (Å²) >= 11 is 0. The number of ether oxygens (including phenoxy) is 2. The molecular formula is C30H39N3O5. The van der Waals surface area contributed by atoms with Crippen LogP contribution in [-0.2, 0) is 16.0 Å². The van der Waals surface area contributed by atoms with E-state index in [-0.39, 0.29) is 36.1 Å². The molecule has 2 unspecified atom stereocenters. The van der Waals surface area contributed by atoms with E-state index < -0.39 is 11.5 Å². The van der Waals surface area contributed by atoms with Gasteiger partial charge in [0.25, 0.3) is 11.8 Å². The lowest BCUT2D eigenvalue weighted by Crippen LogP contribution is -2.51. The number of aromatic hydroxyl groups is 1. The maximum Gasteiger partial charge on any atom is 0.263 e. The Balaban J connectivity index is 0.00000247. The molecule has 8 nitrogen and oxygen atoms in total. The minimum Gasteiger partial charge on any atom is -0.508 e. The van der Waals surface area contributed by atoms with E-state index in [9.17, 15) is 14.7 Å². The highest BCUT2D eigenvalue weighted by molar-refractivity contribution is 5.85. The molecule has 2 atom stereocenters. The monoisotopic (exact) mass is 521 g/mol. The van der Waals surface area contributed by atoms with E-state index in [2.05, 4.69) is 34.6 Å². The number of nitrogens with zero attached hydrogens (tertiary/aromatic N) is 1. The van der Waals surface area contributed by atoms with Gasteiger partial charge in [-0.2, -0.15) is 0 Å². The Morgan fingerprint density at radius 2 is 1.76 bits per heavy atom. The molecule has 4 N–H and O–H groups in total. The van der Waals surface area contributed by atoms with Gasteiger partial charge in [0.2, 0.25) is 5.88 Å². The maximum absolute atomic E-state index is 13.2. The van der Waals surface area contributed by atoms with Crippen molar-refractivity contribution in [1.29, 1.82) is 0 Å². The highest BCUT2D eigenvalue weighted by Crippen LogP contribution is 2.28. The van der Waals surface area contributed by atoms with Crippen molar-refractivity contribution in [3.05, 3.63) is 83.6 Å². The third-order valence-corrected chi connectivity index (χ3v) is 5.83. The largest absolute Gasteiger partial charge is 0.508 e. The van der Waals surface area contributed by atoms with Crippen molar-refractivity contribution in [2.75, 3.05) is 6.61 Å². The van der Waals surface area contributed by atoms with Gasteiger partial charge in [0.05, 0.1) is 6.20 Å². The van der Waals surface area contributed by atoms with Gasteiger partial charge in [-0.1, -0.05) is 55.8 Å². The Morgan fingerprint density at radius 3 is 2.34 bits per heavy atom. The van der Waals surface area contributed by atoms with Crippen LogP contribution in [0.1, 0.15) is 57.2 Å². The van der Waals surface area contributed by atoms with E-state index in [0.717, 1.165) is 11.1 Å². The standard InChI is InChI=1S/C28H33N3O5.C2H6/c1-18-8-10-20(11-9-18)14-24(21-6-5-7-22(32)15-21)19(2)31-27(34)28(3,4)36-26-13-12-23(16-30-26)35-17-25(29)33;1-2/h5-13,15-16,19,24,32H,14,17H2,1-4H3,(H2,29,33)(H,31,34);1-2H3. The fourth-order valence-electron chi connectivity index (χ4n) is 3.77. The molecule has 204 valence electrons. The number of carbonyl (C=O) groups excluding carboxylic acids is 2. The van der Waals surface area contributed by atoms with Gasteiger partial charge in [0.1, 0.15) is 11.5 Å². The van der Waals surface area contributed by atoms with Gasteiger partial charge in [0, 0.05) is 18.0 Å². The molecule has 3 aromatic rings. The highest BCUT2D eigenvalue weighted by atomic mass is 16.5. The molecule has 0 saturated heterocycles. The number of hydrogen-bond donors (Lipinski definition) is 3. The Bertz CT molecular complexity index is 1180. The summed E-state index contributed by atoms with van der Waals surface area (Å²) in [5.41, 5.74) is 7.09. The van der Waals surface area contributed by atoms with Crippen LogP contribution in [0.2, 0.25) is 0 Å². The molecule has 0 fully saturated rings. The summed E-state index contributed by atoms with van der Waals surface area (Å²) in [6.07, 6.45) is 2.08. The summed E-state index contributed by atoms with van der Waals surface area (Å²) < 4.78 is 11.1. The van der Waals surface area contributed by atoms with Crippen LogP contribution in [0.3, 0.4) is 0 Å². The summed E-state index contributed by atoms with van der Waals surface area (Å²) in [6.45, 7) is 11.1. The number of amides is 2. The van der Waals surface area contributed by atoms with Gasteiger partial charge in [-0.3, -0.25) is 9.59 Å². The summed E-state index contributed by atoms with van der Waals surface area (Å²) in [4.78, 5) is 28.2. The minimum atomic E-state index is -1.22. The number of hydrogen-bond acceptors (Lipinski definition) is 6. The molecule has 38 heavy (non-hydrogen) atoms. The van der Waals surface area contributed by atoms with Crippen molar-refractivity contribution in [3.63, 3.8) is 0 Å². The molecular weight excluding hydrogens is 482 g/mol. The van der Waals surface area contributed by atoms with Gasteiger partial charge in [0.15, 0.2) is 12.2 Å². The van der Waals surface area contributed by atoms with Crippen LogP contribution in [-0.4, -0.2) is 40.2 Å². The molecule has 0 radical (unpaired) electrons. The first-order valence-electron chi connectivity index (χ1n) is 12.7. The number of pyridine rings is 1. The predicted octanol–water partition coefficient (Wildman–Crippen LogP) is 4.67. The maximum atomic E-state index is 13.2. The van der Waals surface area contributed by atoms with Gasteiger partial charge < -0.3 is 25.6 Å². The van der Waals surface area contributed by atoms with Crippen molar-refractivity contribution in [2.45, 2.75) is 65.5 Å². The van der Waals surface area contributed by atoms with E-state index >= 15 is 0 Å². The Morgan fingerprint density at radius 1 is 1.08 bits per heavy atom. The van der Waals surface area contributed by atoms with Crippen LogP contribution in [0.5, 0.6) is 17.4 Å². The number of aryl methyl sites for hydroxylation is 1. The molecule has 0 spiro atoms. The van der Waals surface area contributed by atoms with Crippen LogP contribution in [0.25, 0.3) is 0 Å². The van der Waals surface area contributed by atoms with Crippen LogP contribution in [0.15, 0.2) is 66.9 Å².